The summed E-state index contributed by atoms with van der Waals surface area (Å²) in [4.78, 5) is 11.2. The van der Waals surface area contributed by atoms with E-state index in [1.165, 1.54) is 6.07 Å². The van der Waals surface area contributed by atoms with Gasteiger partial charge in [0.1, 0.15) is 6.07 Å². The number of nitrogens with zero attached hydrogens (tertiary/aromatic N) is 1. The average molecular weight is 261 g/mol. The molecule has 1 aromatic rings. The van der Waals surface area contributed by atoms with Gasteiger partial charge in [0.15, 0.2) is 11.5 Å². The first-order valence-electron chi connectivity index (χ1n) is 4.39. The second-order valence-electron chi connectivity index (χ2n) is 3.02. The number of phenolic OH excluding ortho intramolecular Hbond substituents is 1. The molecule has 96 valence electrons. The molecule has 0 aliphatic carbocycles. The van der Waals surface area contributed by atoms with Crippen LogP contribution >= 0.6 is 0 Å². The van der Waals surface area contributed by atoms with Crippen molar-refractivity contribution in [2.24, 2.45) is 0 Å². The smallest absolute Gasteiger partial charge is 0.503 e. The van der Waals surface area contributed by atoms with Crippen molar-refractivity contribution in [1.82, 2.24) is 0 Å². The maximum Gasteiger partial charge on any atom is 0.573 e. The summed E-state index contributed by atoms with van der Waals surface area (Å²) in [5.74, 6) is -3.00. The van der Waals surface area contributed by atoms with Crippen LogP contribution in [0.2, 0.25) is 0 Å². The fraction of sp³-hybridized carbons (Fsp3) is 0.200. The SMILES string of the molecule is COC(=O)c1cc(C#N)c(O)c(OC(F)(F)F)c1. The minimum Gasteiger partial charge on any atom is -0.503 e. The summed E-state index contributed by atoms with van der Waals surface area (Å²) in [5.41, 5.74) is -0.872. The van der Waals surface area contributed by atoms with Gasteiger partial charge in [-0.05, 0) is 12.1 Å². The molecule has 1 rings (SSSR count). The highest BCUT2D eigenvalue weighted by molar-refractivity contribution is 5.91. The van der Waals surface area contributed by atoms with Gasteiger partial charge in [-0.3, -0.25) is 0 Å². The second kappa shape index (κ2) is 4.83. The summed E-state index contributed by atoms with van der Waals surface area (Å²) >= 11 is 0. The summed E-state index contributed by atoms with van der Waals surface area (Å²) in [6, 6.07) is 2.96. The van der Waals surface area contributed by atoms with Crippen LogP contribution in [0.1, 0.15) is 15.9 Å². The van der Waals surface area contributed by atoms with Gasteiger partial charge in [0.25, 0.3) is 0 Å². The Hall–Kier alpha value is -2.43. The summed E-state index contributed by atoms with van der Waals surface area (Å²) in [5, 5.41) is 18.0. The van der Waals surface area contributed by atoms with Crippen molar-refractivity contribution in [1.29, 1.82) is 5.26 Å². The van der Waals surface area contributed by atoms with E-state index in [0.717, 1.165) is 13.2 Å². The van der Waals surface area contributed by atoms with Crippen LogP contribution in [0.15, 0.2) is 12.1 Å². The Morgan fingerprint density at radius 3 is 2.50 bits per heavy atom. The van der Waals surface area contributed by atoms with Gasteiger partial charge in [-0.15, -0.1) is 13.2 Å². The Morgan fingerprint density at radius 2 is 2.06 bits per heavy atom. The number of hydrogen-bond donors (Lipinski definition) is 1. The van der Waals surface area contributed by atoms with E-state index in [1.54, 1.807) is 0 Å². The molecule has 0 spiro atoms. The van der Waals surface area contributed by atoms with Crippen molar-refractivity contribution >= 4 is 5.97 Å². The number of alkyl halides is 3. The lowest BCUT2D eigenvalue weighted by Gasteiger charge is -2.12. The zero-order valence-electron chi connectivity index (χ0n) is 8.91. The molecule has 18 heavy (non-hydrogen) atoms. The minimum absolute atomic E-state index is 0.342. The van der Waals surface area contributed by atoms with Crippen LogP contribution in [0.3, 0.4) is 0 Å². The number of halogens is 3. The van der Waals surface area contributed by atoms with Crippen LogP contribution in [-0.4, -0.2) is 24.5 Å². The lowest BCUT2D eigenvalue weighted by Crippen LogP contribution is -2.18. The highest BCUT2D eigenvalue weighted by Gasteiger charge is 2.33. The van der Waals surface area contributed by atoms with E-state index in [2.05, 4.69) is 9.47 Å². The summed E-state index contributed by atoms with van der Waals surface area (Å²) in [6.45, 7) is 0. The van der Waals surface area contributed by atoms with E-state index in [4.69, 9.17) is 5.26 Å². The number of carbonyl (C=O) groups is 1. The molecule has 1 aromatic carbocycles. The standard InChI is InChI=1S/C10H6F3NO4/c1-17-9(16)5-2-6(4-14)8(15)7(3-5)18-10(11,12)13/h2-3,15H,1H3. The van der Waals surface area contributed by atoms with Crippen molar-refractivity contribution < 1.29 is 32.5 Å². The Balaban J connectivity index is 3.33. The van der Waals surface area contributed by atoms with Gasteiger partial charge >= 0.3 is 12.3 Å². The van der Waals surface area contributed by atoms with Crippen molar-refractivity contribution in [2.45, 2.75) is 6.36 Å². The van der Waals surface area contributed by atoms with Gasteiger partial charge in [-0.2, -0.15) is 5.26 Å². The molecular formula is C10H6F3NO4. The number of rotatable bonds is 2. The number of hydrogen-bond acceptors (Lipinski definition) is 5. The van der Waals surface area contributed by atoms with Crippen molar-refractivity contribution in [2.75, 3.05) is 7.11 Å². The Bertz CT molecular complexity index is 519. The van der Waals surface area contributed by atoms with Crippen molar-refractivity contribution in [3.05, 3.63) is 23.3 Å². The molecule has 0 aromatic heterocycles. The highest BCUT2D eigenvalue weighted by Crippen LogP contribution is 2.35. The molecule has 0 saturated heterocycles. The van der Waals surface area contributed by atoms with E-state index in [0.29, 0.717) is 6.07 Å². The monoisotopic (exact) mass is 261 g/mol. The quantitative estimate of drug-likeness (QED) is 0.823. The van der Waals surface area contributed by atoms with Gasteiger partial charge in [-0.25, -0.2) is 4.79 Å². The van der Waals surface area contributed by atoms with Gasteiger partial charge in [-0.1, -0.05) is 0 Å². The lowest BCUT2D eigenvalue weighted by molar-refractivity contribution is -0.275. The van der Waals surface area contributed by atoms with E-state index in [9.17, 15) is 23.1 Å². The first kappa shape index (κ1) is 13.6. The summed E-state index contributed by atoms with van der Waals surface area (Å²) in [7, 11) is 1.02. The van der Waals surface area contributed by atoms with Gasteiger partial charge < -0.3 is 14.6 Å². The molecule has 0 amide bonds. The van der Waals surface area contributed by atoms with Crippen LogP contribution in [0.5, 0.6) is 11.5 Å². The molecule has 1 N–H and O–H groups in total. The van der Waals surface area contributed by atoms with E-state index >= 15 is 0 Å². The number of phenols is 1. The third kappa shape index (κ3) is 3.04. The first-order valence-corrected chi connectivity index (χ1v) is 4.39. The molecular weight excluding hydrogens is 255 g/mol. The Morgan fingerprint density at radius 1 is 1.44 bits per heavy atom. The number of nitriles is 1. The highest BCUT2D eigenvalue weighted by atomic mass is 19.4. The molecule has 5 nitrogen and oxygen atoms in total. The van der Waals surface area contributed by atoms with Crippen LogP contribution in [-0.2, 0) is 4.74 Å². The van der Waals surface area contributed by atoms with E-state index in [-0.39, 0.29) is 5.56 Å². The maximum absolute atomic E-state index is 12.0. The van der Waals surface area contributed by atoms with Crippen molar-refractivity contribution in [3.63, 3.8) is 0 Å². The minimum atomic E-state index is -5.06. The molecule has 0 unspecified atom stereocenters. The molecule has 0 radical (unpaired) electrons. The third-order valence-electron chi connectivity index (χ3n) is 1.84. The van der Waals surface area contributed by atoms with Gasteiger partial charge in [0, 0.05) is 0 Å². The van der Waals surface area contributed by atoms with Crippen molar-refractivity contribution in [3.8, 4) is 17.6 Å². The molecule has 0 atom stereocenters. The number of ether oxygens (including phenoxy) is 2. The fourth-order valence-corrected chi connectivity index (χ4v) is 1.13. The maximum atomic E-state index is 12.0. The zero-order valence-corrected chi connectivity index (χ0v) is 8.91. The largest absolute Gasteiger partial charge is 0.573 e. The predicted molar refractivity (Wildman–Crippen MR) is 50.8 cm³/mol. The average Bonchev–Trinajstić information content (AvgIpc) is 2.29. The molecule has 0 heterocycles. The first-order chi connectivity index (χ1) is 8.28. The number of benzene rings is 1. The van der Waals surface area contributed by atoms with E-state index < -0.39 is 29.4 Å². The topological polar surface area (TPSA) is 79.6 Å². The molecule has 0 bridgehead atoms. The van der Waals surface area contributed by atoms with Crippen LogP contribution in [0.4, 0.5) is 13.2 Å². The number of esters is 1. The molecule has 0 fully saturated rings. The molecule has 0 aliphatic heterocycles. The van der Waals surface area contributed by atoms with Crippen LogP contribution in [0.25, 0.3) is 0 Å². The third-order valence-corrected chi connectivity index (χ3v) is 1.84. The molecule has 8 heteroatoms. The number of aromatic hydroxyl groups is 1. The summed E-state index contributed by atoms with van der Waals surface area (Å²) < 4.78 is 43.9. The Kier molecular flexibility index (Phi) is 3.66. The fourth-order valence-electron chi connectivity index (χ4n) is 1.13. The Labute approximate surface area is 99.0 Å². The zero-order chi connectivity index (χ0) is 13.9. The van der Waals surface area contributed by atoms with Crippen LogP contribution in [0, 0.1) is 11.3 Å². The molecule has 0 aliphatic rings. The normalized spacial score (nSPS) is 10.6. The van der Waals surface area contributed by atoms with Crippen LogP contribution < -0.4 is 4.74 Å². The summed E-state index contributed by atoms with van der Waals surface area (Å²) in [6.07, 6.45) is -5.06. The number of carbonyl (C=O) groups excluding carboxylic acids is 1. The second-order valence-corrected chi connectivity index (χ2v) is 3.02. The molecule has 0 saturated carbocycles. The predicted octanol–water partition coefficient (Wildman–Crippen LogP) is 1.95. The number of methoxy groups -OCH3 is 1. The van der Waals surface area contributed by atoms with Gasteiger partial charge in [0.05, 0.1) is 18.2 Å². The van der Waals surface area contributed by atoms with Gasteiger partial charge in [0.2, 0.25) is 0 Å². The lowest BCUT2D eigenvalue weighted by atomic mass is 10.1. The van der Waals surface area contributed by atoms with E-state index in [1.807, 2.05) is 0 Å².